The molecule has 0 aliphatic carbocycles. The standard InChI is InChI=1S/C18H20N8O3/c1-11-13(9-22-26(11)12-3-5-19-6-4-12)14(27)21-10-18(15-20-7-8-25(15)2)16(28)23-17(29)24-18/h3-9,17,24,29H,10H2,1-2H3,(H,21,27)(H,23,28). The summed E-state index contributed by atoms with van der Waals surface area (Å²) in [6.45, 7) is 1.67. The molecule has 0 radical (unpaired) electrons. The van der Waals surface area contributed by atoms with Crippen molar-refractivity contribution in [2.45, 2.75) is 18.8 Å². The molecular weight excluding hydrogens is 376 g/mol. The molecule has 0 bridgehead atoms. The van der Waals surface area contributed by atoms with Crippen LogP contribution in [0.1, 0.15) is 21.9 Å². The second-order valence-corrected chi connectivity index (χ2v) is 6.73. The van der Waals surface area contributed by atoms with Gasteiger partial charge in [-0.05, 0) is 19.1 Å². The maximum Gasteiger partial charge on any atom is 0.254 e. The topological polar surface area (TPSA) is 139 Å². The number of carbonyl (C=O) groups is 2. The molecule has 4 N–H and O–H groups in total. The molecule has 1 fully saturated rings. The first kappa shape index (κ1) is 18.8. The molecule has 1 aliphatic heterocycles. The van der Waals surface area contributed by atoms with Gasteiger partial charge in [0.25, 0.3) is 11.8 Å². The Labute approximate surface area is 165 Å². The lowest BCUT2D eigenvalue weighted by atomic mass is 9.98. The molecular formula is C18H20N8O3. The van der Waals surface area contributed by atoms with Gasteiger partial charge < -0.3 is 20.3 Å². The van der Waals surface area contributed by atoms with Crippen LogP contribution in [0.15, 0.2) is 43.1 Å². The number of nitrogens with zero attached hydrogens (tertiary/aromatic N) is 5. The summed E-state index contributed by atoms with van der Waals surface area (Å²) in [6, 6.07) is 3.57. The van der Waals surface area contributed by atoms with Crippen molar-refractivity contribution in [2.24, 2.45) is 7.05 Å². The Balaban J connectivity index is 1.58. The Morgan fingerprint density at radius 3 is 2.72 bits per heavy atom. The number of hydrogen-bond donors (Lipinski definition) is 4. The van der Waals surface area contributed by atoms with E-state index < -0.39 is 23.7 Å². The highest BCUT2D eigenvalue weighted by Gasteiger charge is 2.50. The highest BCUT2D eigenvalue weighted by atomic mass is 16.3. The largest absolute Gasteiger partial charge is 0.361 e. The van der Waals surface area contributed by atoms with Gasteiger partial charge in [0.05, 0.1) is 29.7 Å². The number of carbonyl (C=O) groups excluding carboxylic acids is 2. The van der Waals surface area contributed by atoms with Crippen molar-refractivity contribution in [3.05, 3.63) is 60.2 Å². The molecule has 3 aromatic heterocycles. The number of nitrogens with one attached hydrogen (secondary N) is 3. The Morgan fingerprint density at radius 1 is 1.34 bits per heavy atom. The molecule has 3 aromatic rings. The lowest BCUT2D eigenvalue weighted by Gasteiger charge is -2.26. The van der Waals surface area contributed by atoms with Crippen molar-refractivity contribution in [1.82, 2.24) is 40.3 Å². The highest BCUT2D eigenvalue weighted by Crippen LogP contribution is 2.24. The number of aromatic nitrogens is 5. The van der Waals surface area contributed by atoms with E-state index in [0.717, 1.165) is 5.69 Å². The van der Waals surface area contributed by atoms with Gasteiger partial charge in [0.2, 0.25) is 0 Å². The molecule has 29 heavy (non-hydrogen) atoms. The van der Waals surface area contributed by atoms with Gasteiger partial charge in [0.1, 0.15) is 5.82 Å². The van der Waals surface area contributed by atoms with Crippen LogP contribution in [0.5, 0.6) is 0 Å². The van der Waals surface area contributed by atoms with Crippen molar-refractivity contribution >= 4 is 11.8 Å². The monoisotopic (exact) mass is 396 g/mol. The summed E-state index contributed by atoms with van der Waals surface area (Å²) >= 11 is 0. The summed E-state index contributed by atoms with van der Waals surface area (Å²) in [5, 5.41) is 22.1. The third-order valence-corrected chi connectivity index (χ3v) is 4.92. The molecule has 1 saturated heterocycles. The van der Waals surface area contributed by atoms with E-state index in [4.69, 9.17) is 0 Å². The highest BCUT2D eigenvalue weighted by molar-refractivity contribution is 5.96. The van der Waals surface area contributed by atoms with Crippen molar-refractivity contribution in [3.63, 3.8) is 0 Å². The average molecular weight is 396 g/mol. The maximum absolute atomic E-state index is 12.8. The predicted octanol–water partition coefficient (Wildman–Crippen LogP) is -1.07. The molecule has 4 rings (SSSR count). The first-order valence-corrected chi connectivity index (χ1v) is 8.90. The minimum absolute atomic E-state index is 0.112. The third-order valence-electron chi connectivity index (χ3n) is 4.92. The lowest BCUT2D eigenvalue weighted by Crippen LogP contribution is -2.54. The van der Waals surface area contributed by atoms with E-state index in [0.29, 0.717) is 17.1 Å². The number of rotatable bonds is 5. The smallest absolute Gasteiger partial charge is 0.254 e. The van der Waals surface area contributed by atoms with Gasteiger partial charge in [-0.2, -0.15) is 5.10 Å². The Bertz CT molecular complexity index is 1060. The van der Waals surface area contributed by atoms with Crippen LogP contribution in [0.3, 0.4) is 0 Å². The van der Waals surface area contributed by atoms with Gasteiger partial charge >= 0.3 is 0 Å². The van der Waals surface area contributed by atoms with Crippen LogP contribution in [0.25, 0.3) is 5.69 Å². The number of imidazole rings is 1. The van der Waals surface area contributed by atoms with Crippen LogP contribution in [0, 0.1) is 6.92 Å². The minimum atomic E-state index is -1.40. The van der Waals surface area contributed by atoms with E-state index in [-0.39, 0.29) is 6.54 Å². The molecule has 0 aromatic carbocycles. The van der Waals surface area contributed by atoms with Crippen LogP contribution in [-0.2, 0) is 17.4 Å². The average Bonchev–Trinajstić information content (AvgIpc) is 3.38. The third kappa shape index (κ3) is 3.15. The molecule has 2 amide bonds. The number of aliphatic hydroxyl groups excluding tert-OH is 1. The molecule has 11 nitrogen and oxygen atoms in total. The number of amides is 2. The minimum Gasteiger partial charge on any atom is -0.361 e. The van der Waals surface area contributed by atoms with Gasteiger partial charge in [0.15, 0.2) is 11.9 Å². The number of pyridine rings is 1. The van der Waals surface area contributed by atoms with Crippen LogP contribution in [0.2, 0.25) is 0 Å². The van der Waals surface area contributed by atoms with Gasteiger partial charge in [-0.15, -0.1) is 0 Å². The maximum atomic E-state index is 12.8. The molecule has 0 saturated carbocycles. The van der Waals surface area contributed by atoms with Crippen LogP contribution < -0.4 is 16.0 Å². The molecule has 0 spiro atoms. The fraction of sp³-hybridized carbons (Fsp3) is 0.278. The Morgan fingerprint density at radius 2 is 2.10 bits per heavy atom. The second kappa shape index (κ2) is 7.11. The van der Waals surface area contributed by atoms with Gasteiger partial charge in [-0.25, -0.2) is 9.67 Å². The van der Waals surface area contributed by atoms with E-state index in [1.807, 2.05) is 0 Å². The van der Waals surface area contributed by atoms with Gasteiger partial charge in [-0.3, -0.25) is 19.9 Å². The summed E-state index contributed by atoms with van der Waals surface area (Å²) in [7, 11) is 1.73. The number of aryl methyl sites for hydroxylation is 1. The summed E-state index contributed by atoms with van der Waals surface area (Å²) < 4.78 is 3.29. The molecule has 2 unspecified atom stereocenters. The second-order valence-electron chi connectivity index (χ2n) is 6.73. The van der Waals surface area contributed by atoms with Crippen LogP contribution in [-0.4, -0.2) is 54.1 Å². The Kier molecular flexibility index (Phi) is 4.60. The number of aliphatic hydroxyl groups is 1. The lowest BCUT2D eigenvalue weighted by molar-refractivity contribution is -0.125. The SMILES string of the molecule is Cc1c(C(=O)NCC2(c3nccn3C)NC(O)NC2=O)cnn1-c1ccncc1. The first-order valence-electron chi connectivity index (χ1n) is 8.90. The number of hydrogen-bond acceptors (Lipinski definition) is 7. The normalized spacial score (nSPS) is 21.2. The van der Waals surface area contributed by atoms with E-state index in [2.05, 4.69) is 31.0 Å². The molecule has 150 valence electrons. The molecule has 4 heterocycles. The first-order chi connectivity index (χ1) is 13.9. The molecule has 2 atom stereocenters. The predicted molar refractivity (Wildman–Crippen MR) is 101 cm³/mol. The fourth-order valence-electron chi connectivity index (χ4n) is 3.42. The summed E-state index contributed by atoms with van der Waals surface area (Å²) in [5.41, 5.74) is 0.392. The van der Waals surface area contributed by atoms with E-state index >= 15 is 0 Å². The summed E-state index contributed by atoms with van der Waals surface area (Å²) in [6.07, 6.45) is 6.73. The van der Waals surface area contributed by atoms with Gasteiger partial charge in [0, 0.05) is 31.8 Å². The zero-order valence-electron chi connectivity index (χ0n) is 15.8. The van der Waals surface area contributed by atoms with Crippen molar-refractivity contribution in [3.8, 4) is 5.69 Å². The van der Waals surface area contributed by atoms with Gasteiger partial charge in [-0.1, -0.05) is 0 Å². The van der Waals surface area contributed by atoms with Crippen molar-refractivity contribution < 1.29 is 14.7 Å². The Hall–Kier alpha value is -3.57. The van der Waals surface area contributed by atoms with E-state index in [1.54, 1.807) is 60.1 Å². The van der Waals surface area contributed by atoms with Crippen LogP contribution >= 0.6 is 0 Å². The summed E-state index contributed by atoms with van der Waals surface area (Å²) in [5.74, 6) is -0.507. The van der Waals surface area contributed by atoms with Crippen LogP contribution in [0.4, 0.5) is 0 Å². The quantitative estimate of drug-likeness (QED) is 0.431. The zero-order valence-corrected chi connectivity index (χ0v) is 15.8. The van der Waals surface area contributed by atoms with E-state index in [1.165, 1.54) is 6.20 Å². The van der Waals surface area contributed by atoms with Crippen molar-refractivity contribution in [2.75, 3.05) is 6.54 Å². The zero-order chi connectivity index (χ0) is 20.6. The van der Waals surface area contributed by atoms with E-state index in [9.17, 15) is 14.7 Å². The molecule has 1 aliphatic rings. The summed E-state index contributed by atoms with van der Waals surface area (Å²) in [4.78, 5) is 33.6. The van der Waals surface area contributed by atoms with Crippen molar-refractivity contribution in [1.29, 1.82) is 0 Å². The molecule has 11 heteroatoms. The fourth-order valence-corrected chi connectivity index (χ4v) is 3.42.